The van der Waals surface area contributed by atoms with Crippen molar-refractivity contribution in [1.29, 1.82) is 5.26 Å². The first-order valence-corrected chi connectivity index (χ1v) is 7.65. The van der Waals surface area contributed by atoms with Gasteiger partial charge in [-0.05, 0) is 30.2 Å². The molecule has 1 fully saturated rings. The van der Waals surface area contributed by atoms with E-state index in [1.165, 1.54) is 11.1 Å². The van der Waals surface area contributed by atoms with E-state index < -0.39 is 0 Å². The fourth-order valence-electron chi connectivity index (χ4n) is 2.88. The topological polar surface area (TPSA) is 43.2 Å². The highest BCUT2D eigenvalue weighted by Gasteiger charge is 2.20. The van der Waals surface area contributed by atoms with Crippen LogP contribution in [0.5, 0.6) is 0 Å². The molecule has 0 unspecified atom stereocenters. The molecule has 0 N–H and O–H groups in total. The fourth-order valence-corrected chi connectivity index (χ4v) is 2.88. The molecule has 4 nitrogen and oxygen atoms in total. The van der Waals surface area contributed by atoms with E-state index in [9.17, 15) is 5.26 Å². The summed E-state index contributed by atoms with van der Waals surface area (Å²) >= 11 is 0. The molecule has 0 atom stereocenters. The van der Waals surface area contributed by atoms with Gasteiger partial charge in [0.05, 0.1) is 5.56 Å². The fraction of sp³-hybridized carbons (Fsp3) is 0.333. The molecule has 22 heavy (non-hydrogen) atoms. The number of aryl methyl sites for hydroxylation is 1. The Morgan fingerprint density at radius 3 is 2.59 bits per heavy atom. The molecule has 0 radical (unpaired) electrons. The molecule has 0 bridgehead atoms. The van der Waals surface area contributed by atoms with Crippen LogP contribution in [0.4, 0.5) is 5.82 Å². The van der Waals surface area contributed by atoms with Crippen molar-refractivity contribution in [3.05, 3.63) is 59.3 Å². The van der Waals surface area contributed by atoms with Gasteiger partial charge in [-0.2, -0.15) is 5.26 Å². The maximum atomic E-state index is 9.20. The molecule has 0 spiro atoms. The number of piperazine rings is 1. The molecule has 1 aromatic carbocycles. The molecule has 1 aliphatic rings. The molecule has 3 rings (SSSR count). The van der Waals surface area contributed by atoms with Crippen molar-refractivity contribution < 1.29 is 0 Å². The van der Waals surface area contributed by atoms with Gasteiger partial charge in [-0.25, -0.2) is 4.98 Å². The number of nitriles is 1. The summed E-state index contributed by atoms with van der Waals surface area (Å²) in [5.74, 6) is 0.820. The zero-order valence-corrected chi connectivity index (χ0v) is 12.9. The molecule has 2 aromatic rings. The van der Waals surface area contributed by atoms with Gasteiger partial charge in [0.2, 0.25) is 0 Å². The second-order valence-electron chi connectivity index (χ2n) is 5.68. The Labute approximate surface area is 131 Å². The Morgan fingerprint density at radius 2 is 1.86 bits per heavy atom. The number of hydrogen-bond donors (Lipinski definition) is 0. The van der Waals surface area contributed by atoms with Crippen LogP contribution in [0.2, 0.25) is 0 Å². The number of hydrogen-bond acceptors (Lipinski definition) is 4. The normalized spacial score (nSPS) is 15.5. The van der Waals surface area contributed by atoms with Gasteiger partial charge in [-0.15, -0.1) is 0 Å². The Hall–Kier alpha value is -2.38. The van der Waals surface area contributed by atoms with Crippen LogP contribution >= 0.6 is 0 Å². The molecular weight excluding hydrogens is 272 g/mol. The van der Waals surface area contributed by atoms with Crippen molar-refractivity contribution in [2.45, 2.75) is 13.5 Å². The lowest BCUT2D eigenvalue weighted by molar-refractivity contribution is 0.249. The summed E-state index contributed by atoms with van der Waals surface area (Å²) in [5.41, 5.74) is 3.41. The van der Waals surface area contributed by atoms with Gasteiger partial charge in [0.25, 0.3) is 0 Å². The lowest BCUT2D eigenvalue weighted by Crippen LogP contribution is -2.46. The van der Waals surface area contributed by atoms with Crippen molar-refractivity contribution >= 4 is 5.82 Å². The molecule has 1 aliphatic heterocycles. The molecule has 0 amide bonds. The second kappa shape index (κ2) is 6.59. The molecule has 0 saturated carbocycles. The Kier molecular flexibility index (Phi) is 4.36. The van der Waals surface area contributed by atoms with E-state index in [-0.39, 0.29) is 0 Å². The number of rotatable bonds is 3. The third kappa shape index (κ3) is 3.10. The first kappa shape index (κ1) is 14.6. The average molecular weight is 292 g/mol. The van der Waals surface area contributed by atoms with Crippen molar-refractivity contribution in [1.82, 2.24) is 9.88 Å². The van der Waals surface area contributed by atoms with Gasteiger partial charge >= 0.3 is 0 Å². The lowest BCUT2D eigenvalue weighted by atomic mass is 10.1. The predicted octanol–water partition coefficient (Wildman–Crippen LogP) is 2.58. The van der Waals surface area contributed by atoms with Crippen LogP contribution in [0.15, 0.2) is 42.6 Å². The quantitative estimate of drug-likeness (QED) is 0.872. The van der Waals surface area contributed by atoms with Crippen LogP contribution in [-0.2, 0) is 6.54 Å². The van der Waals surface area contributed by atoms with Gasteiger partial charge in [-0.3, -0.25) is 4.90 Å². The summed E-state index contributed by atoms with van der Waals surface area (Å²) < 4.78 is 0. The van der Waals surface area contributed by atoms with Crippen LogP contribution in [0.25, 0.3) is 0 Å². The highest BCUT2D eigenvalue weighted by Crippen LogP contribution is 2.19. The van der Waals surface area contributed by atoms with E-state index >= 15 is 0 Å². The number of benzene rings is 1. The molecule has 1 aromatic heterocycles. The van der Waals surface area contributed by atoms with Crippen LogP contribution in [0.3, 0.4) is 0 Å². The molecule has 2 heterocycles. The SMILES string of the molecule is Cc1ccccc1CN1CCN(c2ncccc2C#N)CC1. The average Bonchev–Trinajstić information content (AvgIpc) is 2.58. The highest BCUT2D eigenvalue weighted by atomic mass is 15.3. The van der Waals surface area contributed by atoms with Crippen LogP contribution in [0, 0.1) is 18.3 Å². The zero-order chi connectivity index (χ0) is 15.4. The molecule has 1 saturated heterocycles. The maximum absolute atomic E-state index is 9.20. The smallest absolute Gasteiger partial charge is 0.146 e. The first-order chi connectivity index (χ1) is 10.8. The van der Waals surface area contributed by atoms with Gasteiger partial charge in [0.15, 0.2) is 0 Å². The van der Waals surface area contributed by atoms with Crippen molar-refractivity contribution in [2.75, 3.05) is 31.1 Å². The monoisotopic (exact) mass is 292 g/mol. The molecule has 0 aliphatic carbocycles. The highest BCUT2D eigenvalue weighted by molar-refractivity contribution is 5.53. The second-order valence-corrected chi connectivity index (χ2v) is 5.68. The summed E-state index contributed by atoms with van der Waals surface area (Å²) in [5, 5.41) is 9.20. The van der Waals surface area contributed by atoms with Gasteiger partial charge in [-0.1, -0.05) is 24.3 Å². The van der Waals surface area contributed by atoms with E-state index in [0.717, 1.165) is 38.5 Å². The van der Waals surface area contributed by atoms with E-state index in [1.54, 1.807) is 6.20 Å². The van der Waals surface area contributed by atoms with E-state index in [4.69, 9.17) is 0 Å². The third-order valence-electron chi connectivity index (χ3n) is 4.23. The molecular formula is C18H20N4. The van der Waals surface area contributed by atoms with Crippen LogP contribution < -0.4 is 4.90 Å². The number of nitrogens with zero attached hydrogens (tertiary/aromatic N) is 4. The minimum atomic E-state index is 0.662. The number of aromatic nitrogens is 1. The lowest BCUT2D eigenvalue weighted by Gasteiger charge is -2.35. The van der Waals surface area contributed by atoms with Crippen LogP contribution in [-0.4, -0.2) is 36.1 Å². The van der Waals surface area contributed by atoms with E-state index in [1.807, 2.05) is 12.1 Å². The van der Waals surface area contributed by atoms with Gasteiger partial charge in [0, 0.05) is 38.9 Å². The minimum Gasteiger partial charge on any atom is -0.353 e. The summed E-state index contributed by atoms with van der Waals surface area (Å²) in [4.78, 5) is 9.06. The van der Waals surface area contributed by atoms with Crippen LogP contribution in [0.1, 0.15) is 16.7 Å². The first-order valence-electron chi connectivity index (χ1n) is 7.65. The van der Waals surface area contributed by atoms with E-state index in [2.05, 4.69) is 52.0 Å². The summed E-state index contributed by atoms with van der Waals surface area (Å²) in [6.07, 6.45) is 1.76. The van der Waals surface area contributed by atoms with Gasteiger partial charge in [0.1, 0.15) is 11.9 Å². The number of pyridine rings is 1. The Balaban J connectivity index is 1.63. The molecule has 4 heteroatoms. The maximum Gasteiger partial charge on any atom is 0.146 e. The van der Waals surface area contributed by atoms with Crippen molar-refractivity contribution in [2.24, 2.45) is 0 Å². The summed E-state index contributed by atoms with van der Waals surface area (Å²) in [6, 6.07) is 14.4. The zero-order valence-electron chi connectivity index (χ0n) is 12.9. The van der Waals surface area contributed by atoms with Gasteiger partial charge < -0.3 is 4.90 Å². The minimum absolute atomic E-state index is 0.662. The van der Waals surface area contributed by atoms with Crippen molar-refractivity contribution in [3.8, 4) is 6.07 Å². The summed E-state index contributed by atoms with van der Waals surface area (Å²) in [7, 11) is 0. The molecule has 112 valence electrons. The standard InChI is InChI=1S/C18H20N4/c1-15-5-2-3-6-17(15)14-21-9-11-22(12-10-21)18-16(13-19)7-4-8-20-18/h2-8H,9-12,14H2,1H3. The van der Waals surface area contributed by atoms with E-state index in [0.29, 0.717) is 5.56 Å². The Morgan fingerprint density at radius 1 is 1.09 bits per heavy atom. The predicted molar refractivity (Wildman–Crippen MR) is 87.6 cm³/mol. The Bertz CT molecular complexity index is 681. The van der Waals surface area contributed by atoms with Crippen molar-refractivity contribution in [3.63, 3.8) is 0 Å². The third-order valence-corrected chi connectivity index (χ3v) is 4.23. The largest absolute Gasteiger partial charge is 0.353 e. The summed E-state index contributed by atoms with van der Waals surface area (Å²) in [6.45, 7) is 6.98. The number of anilines is 1.